The summed E-state index contributed by atoms with van der Waals surface area (Å²) in [5.74, 6) is 0.406. The third-order valence-electron chi connectivity index (χ3n) is 6.40. The first-order valence-electron chi connectivity index (χ1n) is 11.3. The van der Waals surface area contributed by atoms with Crippen LogP contribution in [0.25, 0.3) is 38.9 Å². The van der Waals surface area contributed by atoms with Crippen LogP contribution in [0.1, 0.15) is 37.0 Å². The summed E-state index contributed by atoms with van der Waals surface area (Å²) in [5.41, 5.74) is 5.62. The van der Waals surface area contributed by atoms with Crippen molar-refractivity contribution in [1.29, 1.82) is 0 Å². The lowest BCUT2D eigenvalue weighted by Crippen LogP contribution is -2.19. The number of esters is 1. The smallest absolute Gasteiger partial charge is 0.338 e. The lowest BCUT2D eigenvalue weighted by Gasteiger charge is -2.20. The molecule has 0 fully saturated rings. The molecule has 0 aliphatic carbocycles. The van der Waals surface area contributed by atoms with Crippen molar-refractivity contribution in [3.8, 4) is 16.8 Å². The minimum Gasteiger partial charge on any atom is -0.465 e. The average molecular weight is 473 g/mol. The number of carbonyl (C=O) groups excluding carboxylic acids is 1. The van der Waals surface area contributed by atoms with E-state index in [2.05, 4.69) is 30.4 Å². The third kappa shape index (κ3) is 3.46. The van der Waals surface area contributed by atoms with Crippen LogP contribution in [0, 0.1) is 0 Å². The molecule has 3 heterocycles. The Morgan fingerprint density at radius 3 is 2.31 bits per heavy atom. The molecule has 9 heteroatoms. The van der Waals surface area contributed by atoms with E-state index < -0.39 is 5.97 Å². The fourth-order valence-electron chi connectivity index (χ4n) is 4.60. The topological polar surface area (TPSA) is 88.9 Å². The minimum atomic E-state index is -0.434. The Morgan fingerprint density at radius 1 is 0.971 bits per heavy atom. The van der Waals surface area contributed by atoms with E-state index in [1.165, 1.54) is 7.11 Å². The van der Waals surface area contributed by atoms with Gasteiger partial charge in [0.1, 0.15) is 5.82 Å². The molecule has 0 saturated heterocycles. The zero-order valence-corrected chi connectivity index (χ0v) is 20.9. The maximum absolute atomic E-state index is 12.8. The number of methoxy groups -OCH3 is 1. The normalized spacial score (nSPS) is 12.1. The third-order valence-corrected chi connectivity index (χ3v) is 6.40. The molecular formula is C26H28N6O3. The van der Waals surface area contributed by atoms with E-state index in [-0.39, 0.29) is 11.1 Å². The predicted octanol–water partition coefficient (Wildman–Crippen LogP) is 3.70. The number of ether oxygens (including phenoxy) is 1. The maximum atomic E-state index is 12.8. The van der Waals surface area contributed by atoms with Crippen LogP contribution in [-0.4, -0.2) is 41.5 Å². The van der Waals surface area contributed by atoms with Crippen LogP contribution in [0.3, 0.4) is 0 Å². The number of rotatable bonds is 3. The van der Waals surface area contributed by atoms with Crippen LogP contribution < -0.4 is 5.69 Å². The van der Waals surface area contributed by atoms with Gasteiger partial charge in [0.2, 0.25) is 0 Å². The van der Waals surface area contributed by atoms with E-state index in [1.807, 2.05) is 43.6 Å². The quantitative estimate of drug-likeness (QED) is 0.374. The molecule has 0 spiro atoms. The summed E-state index contributed by atoms with van der Waals surface area (Å²) >= 11 is 0. The molecule has 0 radical (unpaired) electrons. The zero-order chi connectivity index (χ0) is 25.2. The van der Waals surface area contributed by atoms with E-state index >= 15 is 0 Å². The molecule has 2 aromatic carbocycles. The number of hydrogen-bond acceptors (Lipinski definition) is 5. The highest BCUT2D eigenvalue weighted by molar-refractivity contribution is 6.02. The highest BCUT2D eigenvalue weighted by atomic mass is 16.5. The molecule has 0 N–H and O–H groups in total. The van der Waals surface area contributed by atoms with Crippen molar-refractivity contribution in [1.82, 2.24) is 28.5 Å². The van der Waals surface area contributed by atoms with E-state index in [4.69, 9.17) is 9.72 Å². The van der Waals surface area contributed by atoms with Crippen molar-refractivity contribution < 1.29 is 9.53 Å². The summed E-state index contributed by atoms with van der Waals surface area (Å²) in [6.07, 6.45) is 3.58. The number of aromatic nitrogens is 6. The summed E-state index contributed by atoms with van der Waals surface area (Å²) < 4.78 is 12.1. The number of carbonyl (C=O) groups is 1. The van der Waals surface area contributed by atoms with Gasteiger partial charge in [0.15, 0.2) is 0 Å². The molecule has 0 aliphatic heterocycles. The summed E-state index contributed by atoms with van der Waals surface area (Å²) in [6.45, 7) is 6.31. The molecule has 5 aromatic rings. The molecule has 180 valence electrons. The second kappa shape index (κ2) is 7.69. The van der Waals surface area contributed by atoms with Crippen LogP contribution in [0.5, 0.6) is 0 Å². The Balaban J connectivity index is 1.86. The fourth-order valence-corrected chi connectivity index (χ4v) is 4.60. The van der Waals surface area contributed by atoms with Gasteiger partial charge in [-0.3, -0.25) is 18.4 Å². The lowest BCUT2D eigenvalue weighted by molar-refractivity contribution is 0.0601. The monoisotopic (exact) mass is 472 g/mol. The standard InChI is InChI=1S/C26H28N6O3/c1-26(2,3)24-28-19-11-17(15-13-27-29(4)14-15)18(23(33)35-7)12-21(19)32(24)16-8-9-20-22(10-16)31(6)25(34)30(20)5/h8-14H,1-7H3. The Hall–Kier alpha value is -4.14. The molecule has 0 aliphatic rings. The van der Waals surface area contributed by atoms with Crippen LogP contribution in [0.4, 0.5) is 0 Å². The molecular weight excluding hydrogens is 444 g/mol. The number of aryl methyl sites for hydroxylation is 3. The second-order valence-electron chi connectivity index (χ2n) is 9.88. The number of fused-ring (bicyclic) bond motifs is 2. The summed E-state index contributed by atoms with van der Waals surface area (Å²) in [4.78, 5) is 30.4. The SMILES string of the molecule is COC(=O)c1cc2c(cc1-c1cnn(C)c1)nc(C(C)(C)C)n2-c1ccc2c(c1)n(C)c(=O)n2C. The van der Waals surface area contributed by atoms with Gasteiger partial charge in [0, 0.05) is 49.6 Å². The van der Waals surface area contributed by atoms with Gasteiger partial charge < -0.3 is 4.74 Å². The Labute approximate surface area is 202 Å². The van der Waals surface area contributed by atoms with E-state index in [0.29, 0.717) is 11.1 Å². The van der Waals surface area contributed by atoms with Gasteiger partial charge in [0.25, 0.3) is 0 Å². The fraction of sp³-hybridized carbons (Fsp3) is 0.308. The van der Waals surface area contributed by atoms with Gasteiger partial charge in [-0.25, -0.2) is 14.6 Å². The van der Waals surface area contributed by atoms with Gasteiger partial charge in [-0.1, -0.05) is 20.8 Å². The van der Waals surface area contributed by atoms with Crippen LogP contribution in [0.2, 0.25) is 0 Å². The van der Waals surface area contributed by atoms with Crippen LogP contribution in [0.15, 0.2) is 47.5 Å². The number of hydrogen-bond donors (Lipinski definition) is 0. The highest BCUT2D eigenvalue weighted by Gasteiger charge is 2.27. The predicted molar refractivity (Wildman–Crippen MR) is 135 cm³/mol. The molecule has 5 rings (SSSR count). The van der Waals surface area contributed by atoms with E-state index in [1.54, 1.807) is 34.1 Å². The first kappa shape index (κ1) is 22.6. The summed E-state index contributed by atoms with van der Waals surface area (Å²) in [6, 6.07) is 9.65. The average Bonchev–Trinajstić information content (AvgIpc) is 3.48. The van der Waals surface area contributed by atoms with Crippen LogP contribution in [-0.2, 0) is 31.3 Å². The molecule has 0 atom stereocenters. The van der Waals surface area contributed by atoms with Gasteiger partial charge >= 0.3 is 11.7 Å². The number of imidazole rings is 2. The van der Waals surface area contributed by atoms with Crippen molar-refractivity contribution in [3.05, 3.63) is 64.6 Å². The first-order valence-corrected chi connectivity index (χ1v) is 11.3. The Morgan fingerprint density at radius 2 is 1.69 bits per heavy atom. The molecule has 0 unspecified atom stereocenters. The zero-order valence-electron chi connectivity index (χ0n) is 20.9. The van der Waals surface area contributed by atoms with Crippen molar-refractivity contribution in [2.75, 3.05) is 7.11 Å². The van der Waals surface area contributed by atoms with Gasteiger partial charge in [-0.05, 0) is 30.3 Å². The van der Waals surface area contributed by atoms with Crippen molar-refractivity contribution >= 4 is 28.0 Å². The minimum absolute atomic E-state index is 0.0854. The summed E-state index contributed by atoms with van der Waals surface area (Å²) in [7, 11) is 6.74. The van der Waals surface area contributed by atoms with Crippen molar-refractivity contribution in [2.24, 2.45) is 21.1 Å². The number of nitrogens with zero attached hydrogens (tertiary/aromatic N) is 6. The van der Waals surface area contributed by atoms with Gasteiger partial charge in [-0.15, -0.1) is 0 Å². The molecule has 0 bridgehead atoms. The highest BCUT2D eigenvalue weighted by Crippen LogP contribution is 2.35. The summed E-state index contributed by atoms with van der Waals surface area (Å²) in [5, 5.41) is 4.26. The van der Waals surface area contributed by atoms with Gasteiger partial charge in [-0.2, -0.15) is 5.10 Å². The van der Waals surface area contributed by atoms with E-state index in [9.17, 15) is 9.59 Å². The Bertz CT molecular complexity index is 1690. The largest absolute Gasteiger partial charge is 0.465 e. The first-order chi connectivity index (χ1) is 16.5. The molecule has 0 amide bonds. The maximum Gasteiger partial charge on any atom is 0.338 e. The molecule has 3 aromatic heterocycles. The van der Waals surface area contributed by atoms with E-state index in [0.717, 1.165) is 39.1 Å². The van der Waals surface area contributed by atoms with Gasteiger partial charge in [0.05, 0.1) is 40.9 Å². The van der Waals surface area contributed by atoms with Crippen molar-refractivity contribution in [2.45, 2.75) is 26.2 Å². The molecule has 9 nitrogen and oxygen atoms in total. The Kier molecular flexibility index (Phi) is 4.98. The second-order valence-corrected chi connectivity index (χ2v) is 9.88. The number of benzene rings is 2. The van der Waals surface area contributed by atoms with Crippen molar-refractivity contribution in [3.63, 3.8) is 0 Å². The molecule has 35 heavy (non-hydrogen) atoms. The van der Waals surface area contributed by atoms with Crippen LogP contribution >= 0.6 is 0 Å². The molecule has 0 saturated carbocycles. The lowest BCUT2D eigenvalue weighted by atomic mass is 9.95.